The van der Waals surface area contributed by atoms with E-state index in [9.17, 15) is 12.8 Å². The summed E-state index contributed by atoms with van der Waals surface area (Å²) in [5.41, 5.74) is 2.08. The summed E-state index contributed by atoms with van der Waals surface area (Å²) < 4.78 is 41.5. The first-order valence-electron chi connectivity index (χ1n) is 10.4. The van der Waals surface area contributed by atoms with Crippen LogP contribution in [0.3, 0.4) is 0 Å². The molecule has 3 aromatic carbocycles. The van der Waals surface area contributed by atoms with E-state index in [1.54, 1.807) is 42.5 Å². The van der Waals surface area contributed by atoms with E-state index in [0.717, 1.165) is 37.4 Å². The molecular formula is C24H26FN3O2S. The zero-order valence-electron chi connectivity index (χ0n) is 17.2. The molecule has 0 saturated carbocycles. The summed E-state index contributed by atoms with van der Waals surface area (Å²) in [6, 6.07) is 24.9. The number of benzene rings is 3. The second kappa shape index (κ2) is 9.60. The van der Waals surface area contributed by atoms with Crippen molar-refractivity contribution in [3.63, 3.8) is 0 Å². The van der Waals surface area contributed by atoms with Crippen molar-refractivity contribution in [2.45, 2.75) is 10.9 Å². The van der Waals surface area contributed by atoms with Crippen molar-refractivity contribution in [1.29, 1.82) is 0 Å². The van der Waals surface area contributed by atoms with Crippen LogP contribution >= 0.6 is 0 Å². The molecule has 1 heterocycles. The van der Waals surface area contributed by atoms with Crippen molar-refractivity contribution in [2.75, 3.05) is 37.6 Å². The summed E-state index contributed by atoms with van der Waals surface area (Å²) in [5.74, 6) is -0.239. The molecule has 1 atom stereocenters. The molecule has 0 spiro atoms. The number of hydrogen-bond acceptors (Lipinski definition) is 4. The highest BCUT2D eigenvalue weighted by molar-refractivity contribution is 7.89. The molecule has 1 unspecified atom stereocenters. The number of rotatable bonds is 7. The fourth-order valence-electron chi connectivity index (χ4n) is 3.95. The van der Waals surface area contributed by atoms with Crippen molar-refractivity contribution < 1.29 is 12.8 Å². The SMILES string of the molecule is O=S(=O)(NCC(c1ccccc1)N1CCN(c2ccc(F)cc2)CC1)c1ccccc1. The first-order valence-corrected chi connectivity index (χ1v) is 11.9. The van der Waals surface area contributed by atoms with Crippen LogP contribution in [0.1, 0.15) is 11.6 Å². The molecule has 4 rings (SSSR count). The Morgan fingerprint density at radius 3 is 2.00 bits per heavy atom. The quantitative estimate of drug-likeness (QED) is 0.610. The molecule has 0 aliphatic carbocycles. The van der Waals surface area contributed by atoms with E-state index in [1.165, 1.54) is 12.1 Å². The zero-order chi connectivity index (χ0) is 21.7. The fourth-order valence-corrected chi connectivity index (χ4v) is 5.01. The lowest BCUT2D eigenvalue weighted by Gasteiger charge is -2.40. The molecule has 0 amide bonds. The van der Waals surface area contributed by atoms with E-state index in [2.05, 4.69) is 14.5 Å². The summed E-state index contributed by atoms with van der Waals surface area (Å²) in [6.45, 7) is 3.44. The summed E-state index contributed by atoms with van der Waals surface area (Å²) >= 11 is 0. The molecule has 31 heavy (non-hydrogen) atoms. The minimum absolute atomic E-state index is 0.0740. The van der Waals surface area contributed by atoms with E-state index < -0.39 is 10.0 Å². The highest BCUT2D eigenvalue weighted by Gasteiger charge is 2.27. The highest BCUT2D eigenvalue weighted by Crippen LogP contribution is 2.24. The normalized spacial score (nSPS) is 16.2. The van der Waals surface area contributed by atoms with Gasteiger partial charge in [0, 0.05) is 44.5 Å². The molecule has 1 aliphatic heterocycles. The lowest BCUT2D eigenvalue weighted by atomic mass is 10.0. The van der Waals surface area contributed by atoms with Gasteiger partial charge in [-0.15, -0.1) is 0 Å². The lowest BCUT2D eigenvalue weighted by Crippen LogP contribution is -2.49. The van der Waals surface area contributed by atoms with Gasteiger partial charge in [-0.3, -0.25) is 4.90 Å². The van der Waals surface area contributed by atoms with E-state index in [-0.39, 0.29) is 23.3 Å². The summed E-state index contributed by atoms with van der Waals surface area (Å²) in [4.78, 5) is 4.80. The lowest BCUT2D eigenvalue weighted by molar-refractivity contribution is 0.187. The monoisotopic (exact) mass is 439 g/mol. The Bertz CT molecular complexity index is 1070. The van der Waals surface area contributed by atoms with Gasteiger partial charge in [0.1, 0.15) is 5.82 Å². The van der Waals surface area contributed by atoms with Crippen molar-refractivity contribution in [3.8, 4) is 0 Å². The maximum Gasteiger partial charge on any atom is 0.240 e. The Hall–Kier alpha value is -2.74. The van der Waals surface area contributed by atoms with Gasteiger partial charge in [0.15, 0.2) is 0 Å². The van der Waals surface area contributed by atoms with Gasteiger partial charge in [0.05, 0.1) is 4.90 Å². The predicted molar refractivity (Wildman–Crippen MR) is 121 cm³/mol. The Labute approximate surface area is 183 Å². The second-order valence-electron chi connectivity index (χ2n) is 7.59. The highest BCUT2D eigenvalue weighted by atomic mass is 32.2. The van der Waals surface area contributed by atoms with E-state index >= 15 is 0 Å². The molecule has 0 bridgehead atoms. The van der Waals surface area contributed by atoms with Crippen LogP contribution in [0.2, 0.25) is 0 Å². The van der Waals surface area contributed by atoms with Gasteiger partial charge < -0.3 is 4.90 Å². The fraction of sp³-hybridized carbons (Fsp3) is 0.250. The van der Waals surface area contributed by atoms with Crippen LogP contribution < -0.4 is 9.62 Å². The van der Waals surface area contributed by atoms with Gasteiger partial charge in [-0.05, 0) is 42.0 Å². The standard InChI is InChI=1S/C24H26FN3O2S/c25-21-11-13-22(14-12-21)27-15-17-28(18-16-27)24(20-7-3-1-4-8-20)19-26-31(29,30)23-9-5-2-6-10-23/h1-14,24,26H,15-19H2. The van der Waals surface area contributed by atoms with Gasteiger partial charge >= 0.3 is 0 Å². The Morgan fingerprint density at radius 2 is 1.39 bits per heavy atom. The average molecular weight is 440 g/mol. The molecule has 1 aliphatic rings. The molecule has 162 valence electrons. The Kier molecular flexibility index (Phi) is 6.65. The van der Waals surface area contributed by atoms with Crippen LogP contribution in [0, 0.1) is 5.82 Å². The summed E-state index contributed by atoms with van der Waals surface area (Å²) in [5, 5.41) is 0. The predicted octanol–water partition coefficient (Wildman–Crippen LogP) is 3.67. The minimum atomic E-state index is -3.58. The van der Waals surface area contributed by atoms with Gasteiger partial charge in [-0.1, -0.05) is 48.5 Å². The molecule has 5 nitrogen and oxygen atoms in total. The molecular weight excluding hydrogens is 413 g/mol. The topological polar surface area (TPSA) is 52.7 Å². The Morgan fingerprint density at radius 1 is 0.806 bits per heavy atom. The second-order valence-corrected chi connectivity index (χ2v) is 9.36. The first-order chi connectivity index (χ1) is 15.0. The molecule has 0 aromatic heterocycles. The summed E-state index contributed by atoms with van der Waals surface area (Å²) in [7, 11) is -3.58. The number of piperazine rings is 1. The number of hydrogen-bond donors (Lipinski definition) is 1. The smallest absolute Gasteiger partial charge is 0.240 e. The summed E-state index contributed by atoms with van der Waals surface area (Å²) in [6.07, 6.45) is 0. The van der Waals surface area contributed by atoms with Crippen LogP contribution in [0.5, 0.6) is 0 Å². The van der Waals surface area contributed by atoms with Crippen LogP contribution in [0.15, 0.2) is 89.8 Å². The molecule has 7 heteroatoms. The third-order valence-electron chi connectivity index (χ3n) is 5.65. The average Bonchev–Trinajstić information content (AvgIpc) is 2.81. The maximum absolute atomic E-state index is 13.2. The number of halogens is 1. The van der Waals surface area contributed by atoms with Crippen molar-refractivity contribution in [1.82, 2.24) is 9.62 Å². The largest absolute Gasteiger partial charge is 0.369 e. The molecule has 1 N–H and O–H groups in total. The van der Waals surface area contributed by atoms with Crippen LogP contribution in [-0.4, -0.2) is 46.0 Å². The van der Waals surface area contributed by atoms with Crippen LogP contribution in [0.25, 0.3) is 0 Å². The number of nitrogens with zero attached hydrogens (tertiary/aromatic N) is 2. The Balaban J connectivity index is 1.47. The van der Waals surface area contributed by atoms with E-state index in [4.69, 9.17) is 0 Å². The third-order valence-corrected chi connectivity index (χ3v) is 7.09. The third kappa shape index (κ3) is 5.31. The number of anilines is 1. The van der Waals surface area contributed by atoms with Gasteiger partial charge in [-0.2, -0.15) is 0 Å². The zero-order valence-corrected chi connectivity index (χ0v) is 18.0. The minimum Gasteiger partial charge on any atom is -0.369 e. The number of nitrogens with one attached hydrogen (secondary N) is 1. The number of sulfonamides is 1. The molecule has 1 saturated heterocycles. The molecule has 0 radical (unpaired) electrons. The molecule has 1 fully saturated rings. The van der Waals surface area contributed by atoms with E-state index in [1.807, 2.05) is 30.3 Å². The van der Waals surface area contributed by atoms with Crippen molar-refractivity contribution >= 4 is 15.7 Å². The van der Waals surface area contributed by atoms with Gasteiger partial charge in [-0.25, -0.2) is 17.5 Å². The van der Waals surface area contributed by atoms with Gasteiger partial charge in [0.25, 0.3) is 0 Å². The molecule has 3 aromatic rings. The van der Waals surface area contributed by atoms with Crippen LogP contribution in [0.4, 0.5) is 10.1 Å². The van der Waals surface area contributed by atoms with Crippen molar-refractivity contribution in [2.24, 2.45) is 0 Å². The van der Waals surface area contributed by atoms with Crippen LogP contribution in [-0.2, 0) is 10.0 Å². The van der Waals surface area contributed by atoms with Crippen molar-refractivity contribution in [3.05, 3.63) is 96.3 Å². The van der Waals surface area contributed by atoms with Gasteiger partial charge in [0.2, 0.25) is 10.0 Å². The van der Waals surface area contributed by atoms with E-state index in [0.29, 0.717) is 0 Å². The first kappa shape index (κ1) is 21.5. The maximum atomic E-state index is 13.2.